The Labute approximate surface area is 120 Å². The highest BCUT2D eigenvalue weighted by Gasteiger charge is 2.07. The highest BCUT2D eigenvalue weighted by molar-refractivity contribution is 7.16. The number of nitrogens with two attached hydrogens (primary N) is 1. The van der Waals surface area contributed by atoms with Crippen molar-refractivity contribution >= 4 is 33.3 Å². The van der Waals surface area contributed by atoms with Crippen LogP contribution in [0.2, 0.25) is 0 Å². The first-order valence-corrected chi connectivity index (χ1v) is 7.24. The molecule has 0 atom stereocenters. The van der Waals surface area contributed by atoms with Gasteiger partial charge in [0.05, 0.1) is 5.39 Å². The zero-order valence-electron chi connectivity index (χ0n) is 10.8. The van der Waals surface area contributed by atoms with Crippen molar-refractivity contribution in [1.29, 1.82) is 0 Å². The van der Waals surface area contributed by atoms with Gasteiger partial charge in [0, 0.05) is 6.54 Å². The molecule has 5 nitrogen and oxygen atoms in total. The molecule has 0 bridgehead atoms. The Kier molecular flexibility index (Phi) is 3.76. The van der Waals surface area contributed by atoms with Crippen LogP contribution in [0.1, 0.15) is 5.56 Å². The molecule has 0 aliphatic carbocycles. The lowest BCUT2D eigenvalue weighted by molar-refractivity contribution is 1.01. The van der Waals surface area contributed by atoms with Crippen LogP contribution in [-0.2, 0) is 6.42 Å². The fourth-order valence-corrected chi connectivity index (χ4v) is 2.79. The largest absolute Gasteiger partial charge is 0.369 e. The van der Waals surface area contributed by atoms with Gasteiger partial charge in [-0.1, -0.05) is 30.3 Å². The molecule has 0 unspecified atom stereocenters. The lowest BCUT2D eigenvalue weighted by Crippen LogP contribution is -2.13. The molecule has 0 saturated heterocycles. The molecule has 1 aromatic carbocycles. The van der Waals surface area contributed by atoms with Gasteiger partial charge in [0.15, 0.2) is 0 Å². The molecule has 4 N–H and O–H groups in total. The first-order valence-electron chi connectivity index (χ1n) is 6.36. The molecule has 0 amide bonds. The van der Waals surface area contributed by atoms with Gasteiger partial charge >= 0.3 is 0 Å². The highest BCUT2D eigenvalue weighted by atomic mass is 32.1. The van der Waals surface area contributed by atoms with E-state index in [9.17, 15) is 0 Å². The summed E-state index contributed by atoms with van der Waals surface area (Å²) < 4.78 is 0. The standard InChI is InChI=1S/C14H15N5S/c15-19-14-17-12(11-7-9-20-13(11)18-14)16-8-6-10-4-2-1-3-5-10/h1-5,7,9H,6,8,15H2,(H2,16,17,18,19). The fraction of sp³-hybridized carbons (Fsp3) is 0.143. The van der Waals surface area contributed by atoms with E-state index in [1.54, 1.807) is 11.3 Å². The van der Waals surface area contributed by atoms with Crippen molar-refractivity contribution in [2.45, 2.75) is 6.42 Å². The molecular weight excluding hydrogens is 270 g/mol. The number of benzene rings is 1. The van der Waals surface area contributed by atoms with E-state index in [0.29, 0.717) is 5.95 Å². The number of nitrogens with zero attached hydrogens (tertiary/aromatic N) is 2. The second-order valence-corrected chi connectivity index (χ2v) is 5.24. The quantitative estimate of drug-likeness (QED) is 0.496. The number of thiophene rings is 1. The molecule has 102 valence electrons. The van der Waals surface area contributed by atoms with Gasteiger partial charge < -0.3 is 5.32 Å². The van der Waals surface area contributed by atoms with Crippen LogP contribution in [0, 0.1) is 0 Å². The predicted octanol–water partition coefficient (Wildman–Crippen LogP) is 2.63. The van der Waals surface area contributed by atoms with Crippen LogP contribution in [0.4, 0.5) is 11.8 Å². The Bertz CT molecular complexity index is 695. The second kappa shape index (κ2) is 5.85. The van der Waals surface area contributed by atoms with Crippen LogP contribution >= 0.6 is 11.3 Å². The summed E-state index contributed by atoms with van der Waals surface area (Å²) in [7, 11) is 0. The molecule has 6 heteroatoms. The van der Waals surface area contributed by atoms with E-state index in [0.717, 1.165) is 29.0 Å². The van der Waals surface area contributed by atoms with Gasteiger partial charge in [-0.25, -0.2) is 10.8 Å². The molecule has 2 heterocycles. The molecule has 3 aromatic rings. The van der Waals surface area contributed by atoms with Crippen molar-refractivity contribution in [3.05, 3.63) is 47.3 Å². The molecule has 0 aliphatic rings. The van der Waals surface area contributed by atoms with Crippen LogP contribution in [0.15, 0.2) is 41.8 Å². The first kappa shape index (κ1) is 12.8. The summed E-state index contributed by atoms with van der Waals surface area (Å²) in [6.45, 7) is 0.815. The lowest BCUT2D eigenvalue weighted by atomic mass is 10.1. The first-order chi connectivity index (χ1) is 9.86. The summed E-state index contributed by atoms with van der Waals surface area (Å²) in [5.41, 5.74) is 3.80. The summed E-state index contributed by atoms with van der Waals surface area (Å²) in [6, 6.07) is 12.4. The average Bonchev–Trinajstić information content (AvgIpc) is 2.96. The van der Waals surface area contributed by atoms with E-state index in [-0.39, 0.29) is 0 Å². The number of nitrogen functional groups attached to an aromatic ring is 1. The number of anilines is 2. The minimum absolute atomic E-state index is 0.433. The summed E-state index contributed by atoms with van der Waals surface area (Å²) in [6.07, 6.45) is 0.946. The molecule has 0 fully saturated rings. The van der Waals surface area contributed by atoms with Gasteiger partial charge in [0.1, 0.15) is 10.6 Å². The molecule has 2 aromatic heterocycles. The minimum atomic E-state index is 0.433. The van der Waals surface area contributed by atoms with E-state index in [2.05, 4.69) is 32.8 Å². The number of hydrogen-bond donors (Lipinski definition) is 3. The van der Waals surface area contributed by atoms with Gasteiger partial charge in [-0.15, -0.1) is 11.3 Å². The molecule has 20 heavy (non-hydrogen) atoms. The van der Waals surface area contributed by atoms with Crippen molar-refractivity contribution in [2.24, 2.45) is 5.84 Å². The van der Waals surface area contributed by atoms with E-state index in [1.807, 2.05) is 29.6 Å². The maximum atomic E-state index is 5.40. The van der Waals surface area contributed by atoms with Crippen molar-refractivity contribution in [1.82, 2.24) is 9.97 Å². The normalized spacial score (nSPS) is 10.7. The molecule has 0 aliphatic heterocycles. The lowest BCUT2D eigenvalue weighted by Gasteiger charge is -2.08. The second-order valence-electron chi connectivity index (χ2n) is 4.34. The zero-order chi connectivity index (χ0) is 13.8. The number of rotatable bonds is 5. The summed E-state index contributed by atoms with van der Waals surface area (Å²) in [4.78, 5) is 9.61. The summed E-state index contributed by atoms with van der Waals surface area (Å²) in [5, 5.41) is 6.39. The van der Waals surface area contributed by atoms with Crippen molar-refractivity contribution < 1.29 is 0 Å². The number of nitrogens with one attached hydrogen (secondary N) is 2. The van der Waals surface area contributed by atoms with Crippen LogP contribution in [0.5, 0.6) is 0 Å². The third-order valence-corrected chi connectivity index (χ3v) is 3.81. The highest BCUT2D eigenvalue weighted by Crippen LogP contribution is 2.26. The smallest absolute Gasteiger partial charge is 0.240 e. The Morgan fingerprint density at radius 3 is 2.75 bits per heavy atom. The molecule has 0 saturated carbocycles. The van der Waals surface area contributed by atoms with Gasteiger partial charge in [-0.05, 0) is 23.4 Å². The SMILES string of the molecule is NNc1nc(NCCc2ccccc2)c2ccsc2n1. The van der Waals surface area contributed by atoms with Crippen molar-refractivity contribution in [3.8, 4) is 0 Å². The van der Waals surface area contributed by atoms with Gasteiger partial charge in [0.2, 0.25) is 5.95 Å². The molecule has 0 spiro atoms. The van der Waals surface area contributed by atoms with Crippen molar-refractivity contribution in [2.75, 3.05) is 17.3 Å². The molecular formula is C14H15N5S. The summed E-state index contributed by atoms with van der Waals surface area (Å²) in [5.74, 6) is 6.65. The number of aromatic nitrogens is 2. The van der Waals surface area contributed by atoms with Crippen LogP contribution in [0.3, 0.4) is 0 Å². The predicted molar refractivity (Wildman–Crippen MR) is 83.9 cm³/mol. The van der Waals surface area contributed by atoms with E-state index >= 15 is 0 Å². The minimum Gasteiger partial charge on any atom is -0.369 e. The Hall–Kier alpha value is -2.18. The number of hydrogen-bond acceptors (Lipinski definition) is 6. The van der Waals surface area contributed by atoms with E-state index < -0.39 is 0 Å². The third-order valence-electron chi connectivity index (χ3n) is 3.00. The van der Waals surface area contributed by atoms with Crippen LogP contribution in [-0.4, -0.2) is 16.5 Å². The maximum absolute atomic E-state index is 5.40. The van der Waals surface area contributed by atoms with Crippen LogP contribution in [0.25, 0.3) is 10.2 Å². The van der Waals surface area contributed by atoms with E-state index in [4.69, 9.17) is 5.84 Å². The van der Waals surface area contributed by atoms with Gasteiger partial charge in [0.25, 0.3) is 0 Å². The Balaban J connectivity index is 1.75. The van der Waals surface area contributed by atoms with E-state index in [1.165, 1.54) is 5.56 Å². The Morgan fingerprint density at radius 1 is 1.10 bits per heavy atom. The number of fused-ring (bicyclic) bond motifs is 1. The zero-order valence-corrected chi connectivity index (χ0v) is 11.7. The van der Waals surface area contributed by atoms with Gasteiger partial charge in [-0.2, -0.15) is 4.98 Å². The number of hydrazine groups is 1. The molecule has 3 rings (SSSR count). The average molecular weight is 285 g/mol. The monoisotopic (exact) mass is 285 g/mol. The topological polar surface area (TPSA) is 75.9 Å². The Morgan fingerprint density at radius 2 is 1.95 bits per heavy atom. The fourth-order valence-electron chi connectivity index (χ4n) is 2.02. The third kappa shape index (κ3) is 2.71. The maximum Gasteiger partial charge on any atom is 0.240 e. The van der Waals surface area contributed by atoms with Gasteiger partial charge in [-0.3, -0.25) is 5.43 Å². The van der Waals surface area contributed by atoms with Crippen molar-refractivity contribution in [3.63, 3.8) is 0 Å². The summed E-state index contributed by atoms with van der Waals surface area (Å²) >= 11 is 1.57. The molecule has 0 radical (unpaired) electrons. The van der Waals surface area contributed by atoms with Crippen LogP contribution < -0.4 is 16.6 Å².